The maximum absolute atomic E-state index is 13.1. The Balaban J connectivity index is 3.16. The first kappa shape index (κ1) is 25.6. The lowest BCUT2D eigenvalue weighted by Gasteiger charge is -2.35. The first-order valence-corrected chi connectivity index (χ1v) is 9.74. The van der Waals surface area contributed by atoms with E-state index in [9.17, 15) is 31.4 Å². The fourth-order valence-electron chi connectivity index (χ4n) is 3.04. The SMILES string of the molecule is CCCCOC[C@@H](CC)N(CCC)c1ccc(C(O)(C(F)(F)F)C(F)(F)F)cc1. The molecule has 1 N–H and O–H groups in total. The molecule has 0 saturated heterocycles. The molecule has 29 heavy (non-hydrogen) atoms. The van der Waals surface area contributed by atoms with Crippen LogP contribution >= 0.6 is 0 Å². The summed E-state index contributed by atoms with van der Waals surface area (Å²) in [5.74, 6) is 0. The number of hydrogen-bond acceptors (Lipinski definition) is 3. The van der Waals surface area contributed by atoms with Gasteiger partial charge in [0.05, 0.1) is 12.6 Å². The minimum atomic E-state index is -5.89. The van der Waals surface area contributed by atoms with Gasteiger partial charge in [0.25, 0.3) is 5.60 Å². The molecule has 1 aromatic carbocycles. The van der Waals surface area contributed by atoms with E-state index in [-0.39, 0.29) is 6.04 Å². The summed E-state index contributed by atoms with van der Waals surface area (Å²) in [5.41, 5.74) is -5.69. The first-order valence-electron chi connectivity index (χ1n) is 9.74. The molecule has 1 atom stereocenters. The van der Waals surface area contributed by atoms with Gasteiger partial charge in [-0.1, -0.05) is 39.3 Å². The monoisotopic (exact) mass is 429 g/mol. The van der Waals surface area contributed by atoms with Crippen LogP contribution in [0.5, 0.6) is 0 Å². The van der Waals surface area contributed by atoms with Crippen molar-refractivity contribution in [3.8, 4) is 0 Å². The van der Waals surface area contributed by atoms with E-state index in [1.165, 1.54) is 12.1 Å². The Labute approximate surface area is 167 Å². The van der Waals surface area contributed by atoms with Gasteiger partial charge in [-0.05, 0) is 31.4 Å². The molecule has 0 aliphatic rings. The zero-order chi connectivity index (χ0) is 22.3. The number of nitrogens with zero attached hydrogens (tertiary/aromatic N) is 1. The minimum Gasteiger partial charge on any atom is -0.379 e. The van der Waals surface area contributed by atoms with Gasteiger partial charge in [-0.3, -0.25) is 0 Å². The highest BCUT2D eigenvalue weighted by atomic mass is 19.4. The Bertz CT molecular complexity index is 586. The highest BCUT2D eigenvalue weighted by Gasteiger charge is 2.71. The quantitative estimate of drug-likeness (QED) is 0.356. The van der Waals surface area contributed by atoms with E-state index in [0.29, 0.717) is 44.0 Å². The number of anilines is 1. The molecule has 1 rings (SSSR count). The second-order valence-corrected chi connectivity index (χ2v) is 6.94. The van der Waals surface area contributed by atoms with Crippen LogP contribution in [0.15, 0.2) is 24.3 Å². The molecule has 0 saturated carbocycles. The number of hydrogen-bond donors (Lipinski definition) is 1. The topological polar surface area (TPSA) is 32.7 Å². The van der Waals surface area contributed by atoms with Gasteiger partial charge in [0.2, 0.25) is 0 Å². The molecule has 0 heterocycles. The number of unbranched alkanes of at least 4 members (excludes halogenated alkanes) is 1. The zero-order valence-corrected chi connectivity index (χ0v) is 16.9. The minimum absolute atomic E-state index is 0.0678. The van der Waals surface area contributed by atoms with E-state index in [1.807, 2.05) is 25.7 Å². The van der Waals surface area contributed by atoms with E-state index >= 15 is 0 Å². The summed E-state index contributed by atoms with van der Waals surface area (Å²) in [4.78, 5) is 1.91. The van der Waals surface area contributed by atoms with Crippen molar-refractivity contribution < 1.29 is 36.2 Å². The van der Waals surface area contributed by atoms with Gasteiger partial charge in [0.15, 0.2) is 0 Å². The Morgan fingerprint density at radius 3 is 1.90 bits per heavy atom. The maximum Gasteiger partial charge on any atom is 0.430 e. The lowest BCUT2D eigenvalue weighted by molar-refractivity contribution is -0.376. The van der Waals surface area contributed by atoms with Gasteiger partial charge in [0, 0.05) is 24.4 Å². The molecule has 0 amide bonds. The van der Waals surface area contributed by atoms with Crippen LogP contribution in [-0.4, -0.2) is 43.3 Å². The molecular weight excluding hydrogens is 400 g/mol. The molecule has 0 fully saturated rings. The molecule has 0 radical (unpaired) electrons. The standard InChI is InChI=1S/C20H29F6NO2/c1-4-7-13-29-14-16(6-3)27(12-5-2)17-10-8-15(9-11-17)18(28,19(21,22)23)20(24,25)26/h8-11,16,28H,4-7,12-14H2,1-3H3/t16-/m1/s1. The molecule has 0 spiro atoms. The summed E-state index contributed by atoms with van der Waals surface area (Å²) < 4.78 is 84.0. The molecule has 0 aliphatic carbocycles. The molecule has 0 aliphatic heterocycles. The van der Waals surface area contributed by atoms with Crippen LogP contribution in [0.2, 0.25) is 0 Å². The smallest absolute Gasteiger partial charge is 0.379 e. The number of benzene rings is 1. The third-order valence-corrected chi connectivity index (χ3v) is 4.77. The van der Waals surface area contributed by atoms with Gasteiger partial charge in [-0.2, -0.15) is 26.3 Å². The fraction of sp³-hybridized carbons (Fsp3) is 0.700. The van der Waals surface area contributed by atoms with Crippen LogP contribution in [0.25, 0.3) is 0 Å². The van der Waals surface area contributed by atoms with Gasteiger partial charge in [-0.15, -0.1) is 0 Å². The molecule has 0 bridgehead atoms. The van der Waals surface area contributed by atoms with Crippen LogP contribution < -0.4 is 4.90 Å². The van der Waals surface area contributed by atoms with E-state index < -0.39 is 23.5 Å². The summed E-state index contributed by atoms with van der Waals surface area (Å²) in [7, 11) is 0. The van der Waals surface area contributed by atoms with Crippen LogP contribution in [-0.2, 0) is 10.3 Å². The summed E-state index contributed by atoms with van der Waals surface area (Å²) in [6.07, 6.45) is -8.46. The van der Waals surface area contributed by atoms with Gasteiger partial charge in [0.1, 0.15) is 0 Å². The predicted molar refractivity (Wildman–Crippen MR) is 99.9 cm³/mol. The predicted octanol–water partition coefficient (Wildman–Crippen LogP) is 5.81. The molecule has 168 valence electrons. The van der Waals surface area contributed by atoms with Crippen molar-refractivity contribution >= 4 is 5.69 Å². The van der Waals surface area contributed by atoms with Crippen molar-refractivity contribution in [2.45, 2.75) is 70.4 Å². The summed E-state index contributed by atoms with van der Waals surface area (Å²) >= 11 is 0. The van der Waals surface area contributed by atoms with Crippen molar-refractivity contribution in [2.24, 2.45) is 0 Å². The molecular formula is C20H29F6NO2. The third-order valence-electron chi connectivity index (χ3n) is 4.77. The van der Waals surface area contributed by atoms with Crippen molar-refractivity contribution in [3.63, 3.8) is 0 Å². The van der Waals surface area contributed by atoms with Gasteiger partial charge >= 0.3 is 12.4 Å². The Kier molecular flexibility index (Phi) is 9.27. The average Bonchev–Trinajstić information content (AvgIpc) is 2.64. The number of halogens is 6. The van der Waals surface area contributed by atoms with Crippen molar-refractivity contribution in [1.29, 1.82) is 0 Å². The van der Waals surface area contributed by atoms with Gasteiger partial charge < -0.3 is 14.7 Å². The lowest BCUT2D eigenvalue weighted by Crippen LogP contribution is -2.53. The van der Waals surface area contributed by atoms with Crippen LogP contribution in [0.3, 0.4) is 0 Å². The lowest BCUT2D eigenvalue weighted by atomic mass is 9.92. The summed E-state index contributed by atoms with van der Waals surface area (Å²) in [5, 5.41) is 9.53. The average molecular weight is 429 g/mol. The Morgan fingerprint density at radius 2 is 1.48 bits per heavy atom. The highest BCUT2D eigenvalue weighted by Crippen LogP contribution is 2.50. The normalized spacial score (nSPS) is 14.1. The van der Waals surface area contributed by atoms with E-state index in [1.54, 1.807) is 0 Å². The Hall–Kier alpha value is -1.48. The number of aliphatic hydroxyl groups is 1. The number of ether oxygens (including phenoxy) is 1. The van der Waals surface area contributed by atoms with Gasteiger partial charge in [-0.25, -0.2) is 0 Å². The molecule has 0 aromatic heterocycles. The van der Waals surface area contributed by atoms with Crippen LogP contribution in [0, 0.1) is 0 Å². The van der Waals surface area contributed by atoms with Crippen molar-refractivity contribution in [3.05, 3.63) is 29.8 Å². The number of rotatable bonds is 11. The zero-order valence-electron chi connectivity index (χ0n) is 16.9. The maximum atomic E-state index is 13.1. The summed E-state index contributed by atoms with van der Waals surface area (Å²) in [6, 6.07) is 3.67. The van der Waals surface area contributed by atoms with E-state index in [2.05, 4.69) is 0 Å². The number of alkyl halides is 6. The van der Waals surface area contributed by atoms with Crippen LogP contribution in [0.1, 0.15) is 52.0 Å². The first-order chi connectivity index (χ1) is 13.4. The highest BCUT2D eigenvalue weighted by molar-refractivity contribution is 5.50. The molecule has 9 heteroatoms. The van der Waals surface area contributed by atoms with E-state index in [4.69, 9.17) is 4.74 Å². The molecule has 3 nitrogen and oxygen atoms in total. The second kappa shape index (κ2) is 10.5. The third kappa shape index (κ3) is 6.01. The Morgan fingerprint density at radius 1 is 0.931 bits per heavy atom. The second-order valence-electron chi connectivity index (χ2n) is 6.94. The largest absolute Gasteiger partial charge is 0.430 e. The fourth-order valence-corrected chi connectivity index (χ4v) is 3.04. The van der Waals surface area contributed by atoms with Crippen molar-refractivity contribution in [2.75, 3.05) is 24.7 Å². The molecule has 1 aromatic rings. The summed E-state index contributed by atoms with van der Waals surface area (Å²) in [6.45, 7) is 7.48. The van der Waals surface area contributed by atoms with Crippen LogP contribution in [0.4, 0.5) is 32.0 Å². The molecule has 0 unspecified atom stereocenters. The van der Waals surface area contributed by atoms with Crippen molar-refractivity contribution in [1.82, 2.24) is 0 Å². The van der Waals surface area contributed by atoms with E-state index in [0.717, 1.165) is 19.3 Å².